The van der Waals surface area contributed by atoms with Crippen LogP contribution in [0, 0.1) is 20.8 Å². The quantitative estimate of drug-likeness (QED) is 0.263. The minimum atomic E-state index is 0. The third kappa shape index (κ3) is 12.5. The van der Waals surface area contributed by atoms with Crippen LogP contribution in [0.15, 0.2) is 36.5 Å². The summed E-state index contributed by atoms with van der Waals surface area (Å²) in [7, 11) is 0. The summed E-state index contributed by atoms with van der Waals surface area (Å²) in [5.41, 5.74) is 0.666. The van der Waals surface area contributed by atoms with Crippen LogP contribution in [0.3, 0.4) is 0 Å². The molecule has 0 amide bonds. The summed E-state index contributed by atoms with van der Waals surface area (Å²) in [6.07, 6.45) is 15.3. The van der Waals surface area contributed by atoms with Gasteiger partial charge in [0.05, 0.1) is 0 Å². The molecular weight excluding hydrogens is 422 g/mol. The van der Waals surface area contributed by atoms with Gasteiger partial charge in [-0.15, -0.1) is 17.7 Å². The molecule has 2 bridgehead atoms. The molecule has 0 saturated carbocycles. The molecule has 1 fully saturated rings. The number of fused-ring (bicyclic) bond motifs is 2. The van der Waals surface area contributed by atoms with Gasteiger partial charge in [-0.05, 0) is 12.3 Å². The molecule has 0 aromatic heterocycles. The Labute approximate surface area is 189 Å². The van der Waals surface area contributed by atoms with Gasteiger partial charge in [0.25, 0.3) is 0 Å². The van der Waals surface area contributed by atoms with E-state index in [1.54, 1.807) is 13.8 Å². The SMILES string of the molecule is C1=CCC=C1.CC(C)=[N-].CC1(C)[N-]C2C=CC1C2.[CH3-].[CH3-].[Y].[Y]. The number of rotatable bonds is 0. The van der Waals surface area contributed by atoms with Gasteiger partial charge in [-0.2, -0.15) is 0 Å². The predicted molar refractivity (Wildman–Crippen MR) is 93.9 cm³/mol. The largest absolute Gasteiger partial charge is 0.812 e. The molecule has 4 heteroatoms. The fourth-order valence-corrected chi connectivity index (χ4v) is 2.22. The van der Waals surface area contributed by atoms with Crippen LogP contribution in [-0.4, -0.2) is 17.3 Å². The van der Waals surface area contributed by atoms with Gasteiger partial charge in [0.1, 0.15) is 0 Å². The zero-order valence-corrected chi connectivity index (χ0v) is 20.8. The van der Waals surface area contributed by atoms with Crippen molar-refractivity contribution in [2.45, 2.75) is 52.1 Å². The van der Waals surface area contributed by atoms with Gasteiger partial charge < -0.3 is 25.6 Å². The Kier molecular flexibility index (Phi) is 21.9. The van der Waals surface area contributed by atoms with Crippen LogP contribution in [0.4, 0.5) is 0 Å². The Balaban J connectivity index is -0.000000111. The molecule has 1 saturated heterocycles. The molecule has 1 aliphatic heterocycles. The number of nitrogens with zero attached hydrogens (tertiary/aromatic N) is 2. The molecule has 22 heavy (non-hydrogen) atoms. The molecule has 0 spiro atoms. The Morgan fingerprint density at radius 3 is 1.64 bits per heavy atom. The third-order valence-electron chi connectivity index (χ3n) is 3.12. The van der Waals surface area contributed by atoms with Crippen LogP contribution >= 0.6 is 0 Å². The number of hydrogen-bond donors (Lipinski definition) is 0. The number of hydrogen-bond acceptors (Lipinski definition) is 0. The van der Waals surface area contributed by atoms with Gasteiger partial charge in [-0.1, -0.05) is 64.5 Å². The van der Waals surface area contributed by atoms with E-state index < -0.39 is 0 Å². The van der Waals surface area contributed by atoms with Crippen LogP contribution in [0.25, 0.3) is 10.7 Å². The maximum Gasteiger partial charge on any atom is 0 e. The average Bonchev–Trinajstić information content (AvgIpc) is 2.92. The van der Waals surface area contributed by atoms with Crippen molar-refractivity contribution in [3.8, 4) is 0 Å². The molecular formula is C18H30N2Y2-4. The standard InChI is InChI=1S/C8H12N.C5H6.C3H6N.2CH3.2Y/c1-8(2)6-3-4-7(5-6)9-8;1-2-4-5-3-1;1-3(2)4;;;;/h3-4,6-7H,5H2,1-2H3;1-4H,5H2;1-2H3;2*1H3;;/q-1;;3*-1;;. The van der Waals surface area contributed by atoms with Gasteiger partial charge in [-0.25, -0.2) is 5.71 Å². The van der Waals surface area contributed by atoms with Crippen molar-refractivity contribution in [2.24, 2.45) is 5.92 Å². The third-order valence-corrected chi connectivity index (χ3v) is 3.12. The zero-order chi connectivity index (χ0) is 13.6. The van der Waals surface area contributed by atoms with E-state index in [1.165, 1.54) is 6.42 Å². The van der Waals surface area contributed by atoms with Crippen molar-refractivity contribution in [1.82, 2.24) is 0 Å². The molecule has 1 heterocycles. The molecule has 2 nitrogen and oxygen atoms in total. The van der Waals surface area contributed by atoms with E-state index in [-0.39, 0.29) is 85.8 Å². The van der Waals surface area contributed by atoms with Gasteiger partial charge in [0.2, 0.25) is 0 Å². The van der Waals surface area contributed by atoms with Gasteiger partial charge in [-0.3, -0.25) is 0 Å². The molecule has 2 unspecified atom stereocenters. The van der Waals surface area contributed by atoms with Crippen LogP contribution in [0.2, 0.25) is 0 Å². The molecule has 2 aliphatic carbocycles. The zero-order valence-electron chi connectivity index (χ0n) is 15.1. The first kappa shape index (κ1) is 30.9. The van der Waals surface area contributed by atoms with E-state index in [2.05, 4.69) is 55.6 Å². The Morgan fingerprint density at radius 2 is 1.50 bits per heavy atom. The summed E-state index contributed by atoms with van der Waals surface area (Å²) in [5, 5.41) is 12.6. The second kappa shape index (κ2) is 15.6. The number of allylic oxidation sites excluding steroid dienone is 4. The van der Waals surface area contributed by atoms with E-state index in [4.69, 9.17) is 5.41 Å². The normalized spacial score (nSPS) is 23.3. The summed E-state index contributed by atoms with van der Waals surface area (Å²) < 4.78 is 0. The molecule has 2 atom stereocenters. The minimum absolute atomic E-state index is 0. The van der Waals surface area contributed by atoms with E-state index in [0.29, 0.717) is 11.8 Å². The summed E-state index contributed by atoms with van der Waals surface area (Å²) in [6.45, 7) is 7.72. The molecule has 122 valence electrons. The Bertz CT molecular complexity index is 357. The maximum absolute atomic E-state index is 7.97. The summed E-state index contributed by atoms with van der Waals surface area (Å²) in [6, 6.07) is 0.560. The summed E-state index contributed by atoms with van der Waals surface area (Å²) >= 11 is 0. The van der Waals surface area contributed by atoms with E-state index in [0.717, 1.165) is 12.3 Å². The van der Waals surface area contributed by atoms with Crippen molar-refractivity contribution < 1.29 is 65.4 Å². The van der Waals surface area contributed by atoms with Gasteiger partial charge in [0, 0.05) is 65.4 Å². The smallest absolute Gasteiger partial charge is 0 e. The Morgan fingerprint density at radius 1 is 1.05 bits per heavy atom. The van der Waals surface area contributed by atoms with Crippen LogP contribution < -0.4 is 0 Å². The molecule has 0 aromatic carbocycles. The van der Waals surface area contributed by atoms with Crippen LogP contribution in [0.1, 0.15) is 40.5 Å². The van der Waals surface area contributed by atoms with Crippen molar-refractivity contribution >= 4 is 5.71 Å². The molecule has 0 aromatic rings. The van der Waals surface area contributed by atoms with Gasteiger partial charge >= 0.3 is 0 Å². The summed E-state index contributed by atoms with van der Waals surface area (Å²) in [4.78, 5) is 0. The van der Waals surface area contributed by atoms with Crippen molar-refractivity contribution in [2.75, 3.05) is 0 Å². The van der Waals surface area contributed by atoms with Crippen LogP contribution in [-0.2, 0) is 65.4 Å². The Hall–Kier alpha value is 1.06. The molecule has 3 rings (SSSR count). The molecule has 3 aliphatic rings. The second-order valence-corrected chi connectivity index (χ2v) is 5.62. The van der Waals surface area contributed by atoms with Crippen molar-refractivity contribution in [3.63, 3.8) is 0 Å². The second-order valence-electron chi connectivity index (χ2n) is 5.62. The van der Waals surface area contributed by atoms with E-state index in [1.807, 2.05) is 0 Å². The maximum atomic E-state index is 7.97. The minimum Gasteiger partial charge on any atom is -0.812 e. The van der Waals surface area contributed by atoms with Crippen molar-refractivity contribution in [1.29, 1.82) is 0 Å². The van der Waals surface area contributed by atoms with Gasteiger partial charge in [0.15, 0.2) is 0 Å². The van der Waals surface area contributed by atoms with Crippen molar-refractivity contribution in [3.05, 3.63) is 62.0 Å². The first-order valence-corrected chi connectivity index (χ1v) is 6.63. The summed E-state index contributed by atoms with van der Waals surface area (Å²) in [5.74, 6) is 0.738. The first-order chi connectivity index (χ1) is 8.42. The first-order valence-electron chi connectivity index (χ1n) is 6.63. The fraction of sp³-hybridized carbons (Fsp3) is 0.500. The average molecular weight is 452 g/mol. The fourth-order valence-electron chi connectivity index (χ4n) is 2.22. The molecule has 0 N–H and O–H groups in total. The van der Waals surface area contributed by atoms with Crippen LogP contribution in [0.5, 0.6) is 0 Å². The molecule has 2 radical (unpaired) electrons. The predicted octanol–water partition coefficient (Wildman–Crippen LogP) is 5.53. The van der Waals surface area contributed by atoms with E-state index in [9.17, 15) is 0 Å². The monoisotopic (exact) mass is 452 g/mol. The van der Waals surface area contributed by atoms with E-state index >= 15 is 0 Å². The topological polar surface area (TPSA) is 36.4 Å².